The fraction of sp³-hybridized carbons (Fsp3) is 0.556. The van der Waals surface area contributed by atoms with Crippen LogP contribution in [0, 0.1) is 0 Å². The van der Waals surface area contributed by atoms with E-state index in [-0.39, 0.29) is 24.7 Å². The van der Waals surface area contributed by atoms with Crippen LogP contribution in [0.4, 0.5) is 4.79 Å². The Hall–Kier alpha value is -2.28. The fourth-order valence-electron chi connectivity index (χ4n) is 3.04. The van der Waals surface area contributed by atoms with Gasteiger partial charge in [-0.2, -0.15) is 0 Å². The molecule has 0 heterocycles. The van der Waals surface area contributed by atoms with Gasteiger partial charge < -0.3 is 20.1 Å². The second-order valence-electron chi connectivity index (χ2n) is 6.43. The summed E-state index contributed by atoms with van der Waals surface area (Å²) >= 11 is 0. The van der Waals surface area contributed by atoms with E-state index in [1.807, 2.05) is 36.1 Å². The van der Waals surface area contributed by atoms with Crippen molar-refractivity contribution in [3.05, 3.63) is 29.8 Å². The lowest BCUT2D eigenvalue weighted by Crippen LogP contribution is -2.56. The van der Waals surface area contributed by atoms with Gasteiger partial charge in [0.1, 0.15) is 5.75 Å². The van der Waals surface area contributed by atoms with Crippen molar-refractivity contribution in [3.63, 3.8) is 0 Å². The van der Waals surface area contributed by atoms with E-state index in [0.717, 1.165) is 24.2 Å². The SMILES string of the molecule is CCN(CC(=O)O)C1CC(NC(=O)N(C)Cc2ccc(OC)cc2)C1. The van der Waals surface area contributed by atoms with Crippen LogP contribution in [0.3, 0.4) is 0 Å². The number of carbonyl (C=O) groups is 2. The zero-order chi connectivity index (χ0) is 18.4. The predicted octanol–water partition coefficient (Wildman–Crippen LogP) is 1.77. The molecular weight excluding hydrogens is 322 g/mol. The van der Waals surface area contributed by atoms with E-state index in [0.29, 0.717) is 13.1 Å². The molecule has 0 atom stereocenters. The van der Waals surface area contributed by atoms with Gasteiger partial charge in [-0.05, 0) is 37.1 Å². The summed E-state index contributed by atoms with van der Waals surface area (Å²) in [5, 5.41) is 11.9. The van der Waals surface area contributed by atoms with E-state index in [4.69, 9.17) is 9.84 Å². The average Bonchev–Trinajstić information content (AvgIpc) is 2.56. The van der Waals surface area contributed by atoms with E-state index >= 15 is 0 Å². The van der Waals surface area contributed by atoms with Crippen LogP contribution in [0.5, 0.6) is 5.75 Å². The first-order valence-electron chi connectivity index (χ1n) is 8.53. The van der Waals surface area contributed by atoms with Gasteiger partial charge in [0.05, 0.1) is 13.7 Å². The monoisotopic (exact) mass is 349 g/mol. The summed E-state index contributed by atoms with van der Waals surface area (Å²) in [6.07, 6.45) is 1.59. The van der Waals surface area contributed by atoms with Crippen molar-refractivity contribution in [2.45, 2.75) is 38.4 Å². The number of carbonyl (C=O) groups excluding carboxylic acids is 1. The number of carboxylic acid groups (broad SMARTS) is 1. The van der Waals surface area contributed by atoms with Crippen LogP contribution >= 0.6 is 0 Å². The van der Waals surface area contributed by atoms with E-state index in [2.05, 4.69) is 5.32 Å². The van der Waals surface area contributed by atoms with Crippen molar-refractivity contribution in [2.24, 2.45) is 0 Å². The maximum Gasteiger partial charge on any atom is 0.317 e. The highest BCUT2D eigenvalue weighted by atomic mass is 16.5. The highest BCUT2D eigenvalue weighted by Crippen LogP contribution is 2.25. The van der Waals surface area contributed by atoms with Gasteiger partial charge in [-0.25, -0.2) is 4.79 Å². The number of urea groups is 1. The first-order valence-corrected chi connectivity index (χ1v) is 8.53. The molecule has 0 bridgehead atoms. The normalized spacial score (nSPS) is 19.2. The summed E-state index contributed by atoms with van der Waals surface area (Å²) in [5.41, 5.74) is 1.03. The van der Waals surface area contributed by atoms with Gasteiger partial charge in [0.2, 0.25) is 0 Å². The summed E-state index contributed by atoms with van der Waals surface area (Å²) in [4.78, 5) is 26.7. The number of rotatable bonds is 8. The maximum atomic E-state index is 12.3. The van der Waals surface area contributed by atoms with Crippen LogP contribution in [0.2, 0.25) is 0 Å². The molecule has 138 valence electrons. The van der Waals surface area contributed by atoms with Crippen LogP contribution in [-0.2, 0) is 11.3 Å². The summed E-state index contributed by atoms with van der Waals surface area (Å²) in [6, 6.07) is 7.86. The largest absolute Gasteiger partial charge is 0.497 e. The molecule has 1 aromatic rings. The molecule has 7 nitrogen and oxygen atoms in total. The van der Waals surface area contributed by atoms with Crippen LogP contribution in [0.1, 0.15) is 25.3 Å². The highest BCUT2D eigenvalue weighted by molar-refractivity contribution is 5.74. The molecule has 0 spiro atoms. The van der Waals surface area contributed by atoms with Crippen molar-refractivity contribution in [1.29, 1.82) is 0 Å². The van der Waals surface area contributed by atoms with Crippen molar-refractivity contribution in [2.75, 3.05) is 27.2 Å². The lowest BCUT2D eigenvalue weighted by molar-refractivity contribution is -0.139. The number of methoxy groups -OCH3 is 1. The van der Waals surface area contributed by atoms with E-state index in [9.17, 15) is 9.59 Å². The molecule has 0 unspecified atom stereocenters. The van der Waals surface area contributed by atoms with Crippen LogP contribution < -0.4 is 10.1 Å². The van der Waals surface area contributed by atoms with Gasteiger partial charge in [-0.3, -0.25) is 9.69 Å². The first-order chi connectivity index (χ1) is 11.9. The molecule has 1 saturated carbocycles. The molecule has 0 saturated heterocycles. The molecule has 1 fully saturated rings. The second kappa shape index (κ2) is 8.71. The minimum atomic E-state index is -0.812. The third-order valence-electron chi connectivity index (χ3n) is 4.63. The minimum absolute atomic E-state index is 0.0548. The molecular formula is C18H27N3O4. The third-order valence-corrected chi connectivity index (χ3v) is 4.63. The first kappa shape index (κ1) is 19.1. The number of hydrogen-bond acceptors (Lipinski definition) is 4. The zero-order valence-electron chi connectivity index (χ0n) is 15.1. The number of aliphatic carboxylic acids is 1. The lowest BCUT2D eigenvalue weighted by Gasteiger charge is -2.42. The van der Waals surface area contributed by atoms with Crippen molar-refractivity contribution < 1.29 is 19.4 Å². The summed E-state index contributed by atoms with van der Waals surface area (Å²) in [6.45, 7) is 3.23. The summed E-state index contributed by atoms with van der Waals surface area (Å²) in [5.74, 6) is -0.0215. The Morgan fingerprint density at radius 1 is 1.28 bits per heavy atom. The van der Waals surface area contributed by atoms with E-state index in [1.165, 1.54) is 0 Å². The molecule has 1 aromatic carbocycles. The Bertz CT molecular complexity index is 584. The Balaban J connectivity index is 1.75. The molecule has 2 amide bonds. The van der Waals surface area contributed by atoms with Crippen LogP contribution in [0.25, 0.3) is 0 Å². The molecule has 2 rings (SSSR count). The number of likely N-dealkylation sites (N-methyl/N-ethyl adjacent to an activating group) is 1. The Kier molecular flexibility index (Phi) is 6.64. The second-order valence-corrected chi connectivity index (χ2v) is 6.43. The summed E-state index contributed by atoms with van der Waals surface area (Å²) < 4.78 is 5.13. The Morgan fingerprint density at radius 2 is 1.92 bits per heavy atom. The highest BCUT2D eigenvalue weighted by Gasteiger charge is 2.35. The van der Waals surface area contributed by atoms with Crippen molar-refractivity contribution in [1.82, 2.24) is 15.1 Å². The smallest absolute Gasteiger partial charge is 0.317 e. The van der Waals surface area contributed by atoms with Gasteiger partial charge >= 0.3 is 12.0 Å². The van der Waals surface area contributed by atoms with Gasteiger partial charge in [0.25, 0.3) is 0 Å². The van der Waals surface area contributed by atoms with E-state index < -0.39 is 5.97 Å². The lowest BCUT2D eigenvalue weighted by atomic mass is 9.85. The van der Waals surface area contributed by atoms with E-state index in [1.54, 1.807) is 19.1 Å². The topological polar surface area (TPSA) is 82.1 Å². The molecule has 0 aliphatic heterocycles. The quantitative estimate of drug-likeness (QED) is 0.747. The zero-order valence-corrected chi connectivity index (χ0v) is 15.1. The number of carboxylic acids is 1. The molecule has 7 heteroatoms. The Labute approximate surface area is 148 Å². The van der Waals surface area contributed by atoms with Crippen LogP contribution in [-0.4, -0.2) is 66.2 Å². The number of nitrogens with one attached hydrogen (secondary N) is 1. The number of hydrogen-bond donors (Lipinski definition) is 2. The van der Waals surface area contributed by atoms with Gasteiger partial charge in [-0.1, -0.05) is 19.1 Å². The fourth-order valence-corrected chi connectivity index (χ4v) is 3.04. The van der Waals surface area contributed by atoms with Gasteiger partial charge in [0, 0.05) is 25.7 Å². The molecule has 0 aromatic heterocycles. The van der Waals surface area contributed by atoms with Gasteiger partial charge in [0.15, 0.2) is 0 Å². The maximum absolute atomic E-state index is 12.3. The number of amides is 2. The molecule has 2 N–H and O–H groups in total. The molecule has 0 radical (unpaired) electrons. The molecule has 1 aliphatic rings. The van der Waals surface area contributed by atoms with Crippen molar-refractivity contribution >= 4 is 12.0 Å². The van der Waals surface area contributed by atoms with Crippen LogP contribution in [0.15, 0.2) is 24.3 Å². The van der Waals surface area contributed by atoms with Crippen molar-refractivity contribution in [3.8, 4) is 5.75 Å². The third kappa shape index (κ3) is 5.35. The Morgan fingerprint density at radius 3 is 2.44 bits per heavy atom. The summed E-state index contributed by atoms with van der Waals surface area (Å²) in [7, 11) is 3.38. The predicted molar refractivity (Wildman–Crippen MR) is 94.7 cm³/mol. The molecule has 1 aliphatic carbocycles. The number of benzene rings is 1. The standard InChI is InChI=1S/C18H27N3O4/c1-4-21(12-17(22)23)15-9-14(10-15)19-18(24)20(2)11-13-5-7-16(25-3)8-6-13/h5-8,14-15H,4,9-12H2,1-3H3,(H,19,24)(H,22,23). The average molecular weight is 349 g/mol. The number of nitrogens with zero attached hydrogens (tertiary/aromatic N) is 2. The number of ether oxygens (including phenoxy) is 1. The van der Waals surface area contributed by atoms with Gasteiger partial charge in [-0.15, -0.1) is 0 Å². The minimum Gasteiger partial charge on any atom is -0.497 e. The molecule has 25 heavy (non-hydrogen) atoms.